The van der Waals surface area contributed by atoms with Gasteiger partial charge in [-0.1, -0.05) is 19.1 Å². The summed E-state index contributed by atoms with van der Waals surface area (Å²) in [5.41, 5.74) is 2.25. The zero-order valence-electron chi connectivity index (χ0n) is 16.2. The molecule has 1 aliphatic rings. The normalized spacial score (nSPS) is 13.2. The molecular formula is C21H23N3O5. The van der Waals surface area contributed by atoms with Crippen molar-refractivity contribution in [1.29, 1.82) is 0 Å². The van der Waals surface area contributed by atoms with Gasteiger partial charge in [0.25, 0.3) is 11.6 Å². The van der Waals surface area contributed by atoms with Gasteiger partial charge in [0.1, 0.15) is 0 Å². The predicted molar refractivity (Wildman–Crippen MR) is 109 cm³/mol. The van der Waals surface area contributed by atoms with Gasteiger partial charge in [-0.05, 0) is 43.0 Å². The fourth-order valence-corrected chi connectivity index (χ4v) is 3.26. The number of hydrogen-bond donors (Lipinski definition) is 1. The molecule has 1 aliphatic heterocycles. The lowest BCUT2D eigenvalue weighted by Gasteiger charge is -2.20. The number of non-ortho nitro benzene ring substituents is 1. The molecule has 29 heavy (non-hydrogen) atoms. The van der Waals surface area contributed by atoms with Crippen molar-refractivity contribution in [3.05, 3.63) is 63.7 Å². The second kappa shape index (κ2) is 9.18. The SMILES string of the molecule is CCc1ccc(NC(=O)COC(=O)c2cc([N+](=O)[O-])ccc2N2CCCC2)cc1. The maximum absolute atomic E-state index is 12.6. The van der Waals surface area contributed by atoms with E-state index in [4.69, 9.17) is 4.74 Å². The number of benzene rings is 2. The zero-order valence-corrected chi connectivity index (χ0v) is 16.2. The maximum atomic E-state index is 12.6. The van der Waals surface area contributed by atoms with Gasteiger partial charge in [-0.25, -0.2) is 4.79 Å². The van der Waals surface area contributed by atoms with Crippen LogP contribution < -0.4 is 10.2 Å². The number of esters is 1. The number of carbonyl (C=O) groups excluding carboxylic acids is 2. The summed E-state index contributed by atoms with van der Waals surface area (Å²) in [4.78, 5) is 37.2. The summed E-state index contributed by atoms with van der Waals surface area (Å²) >= 11 is 0. The zero-order chi connectivity index (χ0) is 20.8. The Morgan fingerprint density at radius 3 is 2.45 bits per heavy atom. The minimum atomic E-state index is -0.757. The number of anilines is 2. The van der Waals surface area contributed by atoms with E-state index in [0.29, 0.717) is 11.4 Å². The number of hydrogen-bond acceptors (Lipinski definition) is 6. The van der Waals surface area contributed by atoms with Crippen molar-refractivity contribution in [1.82, 2.24) is 0 Å². The summed E-state index contributed by atoms with van der Waals surface area (Å²) in [6.45, 7) is 3.10. The van der Waals surface area contributed by atoms with Gasteiger partial charge < -0.3 is 15.0 Å². The summed E-state index contributed by atoms with van der Waals surface area (Å²) in [6, 6.07) is 11.5. The molecule has 0 atom stereocenters. The third-order valence-electron chi connectivity index (χ3n) is 4.84. The summed E-state index contributed by atoms with van der Waals surface area (Å²) in [7, 11) is 0. The average molecular weight is 397 g/mol. The Balaban J connectivity index is 1.67. The number of aryl methyl sites for hydroxylation is 1. The molecule has 0 radical (unpaired) electrons. The topological polar surface area (TPSA) is 102 Å². The summed E-state index contributed by atoms with van der Waals surface area (Å²) in [6.07, 6.45) is 2.88. The van der Waals surface area contributed by atoms with E-state index in [2.05, 4.69) is 5.32 Å². The minimum absolute atomic E-state index is 0.0983. The van der Waals surface area contributed by atoms with Crippen molar-refractivity contribution in [2.45, 2.75) is 26.2 Å². The third-order valence-corrected chi connectivity index (χ3v) is 4.84. The van der Waals surface area contributed by atoms with Crippen LogP contribution in [0.3, 0.4) is 0 Å². The van der Waals surface area contributed by atoms with Crippen molar-refractivity contribution >= 4 is 28.9 Å². The van der Waals surface area contributed by atoms with Crippen LogP contribution in [0.15, 0.2) is 42.5 Å². The van der Waals surface area contributed by atoms with E-state index in [0.717, 1.165) is 37.9 Å². The van der Waals surface area contributed by atoms with Crippen LogP contribution in [0.2, 0.25) is 0 Å². The summed E-state index contributed by atoms with van der Waals surface area (Å²) in [5, 5.41) is 13.8. The van der Waals surface area contributed by atoms with E-state index < -0.39 is 23.4 Å². The van der Waals surface area contributed by atoms with Crippen LogP contribution in [0.4, 0.5) is 17.1 Å². The highest BCUT2D eigenvalue weighted by molar-refractivity contribution is 5.99. The molecule has 0 spiro atoms. The molecule has 0 bridgehead atoms. The molecule has 1 fully saturated rings. The molecule has 1 amide bonds. The van der Waals surface area contributed by atoms with Crippen LogP contribution >= 0.6 is 0 Å². The Labute approximate surface area is 168 Å². The molecule has 8 nitrogen and oxygen atoms in total. The largest absolute Gasteiger partial charge is 0.452 e. The number of nitro groups is 1. The highest BCUT2D eigenvalue weighted by Gasteiger charge is 2.24. The van der Waals surface area contributed by atoms with Gasteiger partial charge in [-0.15, -0.1) is 0 Å². The van der Waals surface area contributed by atoms with E-state index in [1.165, 1.54) is 12.1 Å². The van der Waals surface area contributed by atoms with Crippen molar-refractivity contribution < 1.29 is 19.2 Å². The second-order valence-corrected chi connectivity index (χ2v) is 6.83. The van der Waals surface area contributed by atoms with Crippen LogP contribution in [0.25, 0.3) is 0 Å². The molecular weight excluding hydrogens is 374 g/mol. The molecule has 152 valence electrons. The molecule has 3 rings (SSSR count). The quantitative estimate of drug-likeness (QED) is 0.435. The molecule has 0 aromatic heterocycles. The van der Waals surface area contributed by atoms with Crippen molar-refractivity contribution in [3.63, 3.8) is 0 Å². The Kier molecular flexibility index (Phi) is 6.43. The van der Waals surface area contributed by atoms with Crippen molar-refractivity contribution in [3.8, 4) is 0 Å². The number of ether oxygens (including phenoxy) is 1. The van der Waals surface area contributed by atoms with Crippen LogP contribution in [0.1, 0.15) is 35.7 Å². The minimum Gasteiger partial charge on any atom is -0.452 e. The van der Waals surface area contributed by atoms with Gasteiger partial charge >= 0.3 is 5.97 Å². The van der Waals surface area contributed by atoms with Crippen LogP contribution in [-0.4, -0.2) is 36.5 Å². The highest BCUT2D eigenvalue weighted by atomic mass is 16.6. The lowest BCUT2D eigenvalue weighted by atomic mass is 10.1. The van der Waals surface area contributed by atoms with Crippen LogP contribution in [-0.2, 0) is 16.0 Å². The predicted octanol–water partition coefficient (Wildman–Crippen LogP) is 3.55. The lowest BCUT2D eigenvalue weighted by molar-refractivity contribution is -0.384. The Hall–Kier alpha value is -3.42. The number of nitrogens with one attached hydrogen (secondary N) is 1. The maximum Gasteiger partial charge on any atom is 0.341 e. The second-order valence-electron chi connectivity index (χ2n) is 6.83. The monoisotopic (exact) mass is 397 g/mol. The molecule has 8 heteroatoms. The molecule has 0 saturated carbocycles. The first-order chi connectivity index (χ1) is 14.0. The molecule has 1 heterocycles. The first-order valence-electron chi connectivity index (χ1n) is 9.57. The molecule has 1 saturated heterocycles. The molecule has 1 N–H and O–H groups in total. The van der Waals surface area contributed by atoms with E-state index >= 15 is 0 Å². The first-order valence-corrected chi connectivity index (χ1v) is 9.57. The van der Waals surface area contributed by atoms with Gasteiger partial charge in [0.15, 0.2) is 6.61 Å². The smallest absolute Gasteiger partial charge is 0.341 e. The Morgan fingerprint density at radius 1 is 1.14 bits per heavy atom. The van der Waals surface area contributed by atoms with Gasteiger partial charge in [0, 0.05) is 30.9 Å². The average Bonchev–Trinajstić information content (AvgIpc) is 3.26. The first kappa shape index (κ1) is 20.3. The van der Waals surface area contributed by atoms with Crippen molar-refractivity contribution in [2.24, 2.45) is 0 Å². The van der Waals surface area contributed by atoms with Gasteiger partial charge in [-0.3, -0.25) is 14.9 Å². The fourth-order valence-electron chi connectivity index (χ4n) is 3.26. The molecule has 2 aromatic rings. The Morgan fingerprint density at radius 2 is 1.83 bits per heavy atom. The number of carbonyl (C=O) groups is 2. The lowest BCUT2D eigenvalue weighted by Crippen LogP contribution is -2.24. The van der Waals surface area contributed by atoms with E-state index in [1.54, 1.807) is 18.2 Å². The van der Waals surface area contributed by atoms with E-state index in [1.807, 2.05) is 24.0 Å². The molecule has 0 unspecified atom stereocenters. The van der Waals surface area contributed by atoms with E-state index in [9.17, 15) is 19.7 Å². The summed E-state index contributed by atoms with van der Waals surface area (Å²) < 4.78 is 5.14. The van der Waals surface area contributed by atoms with Crippen LogP contribution in [0, 0.1) is 10.1 Å². The van der Waals surface area contributed by atoms with Crippen LogP contribution in [0.5, 0.6) is 0 Å². The Bertz CT molecular complexity index is 905. The standard InChI is InChI=1S/C21H23N3O5/c1-2-15-5-7-16(8-6-15)22-20(25)14-29-21(26)18-13-17(24(27)28)9-10-19(18)23-11-3-4-12-23/h5-10,13H,2-4,11-12,14H2,1H3,(H,22,25). The summed E-state index contributed by atoms with van der Waals surface area (Å²) in [5.74, 6) is -1.23. The third kappa shape index (κ3) is 5.10. The van der Waals surface area contributed by atoms with E-state index in [-0.39, 0.29) is 11.3 Å². The molecule has 2 aromatic carbocycles. The van der Waals surface area contributed by atoms with Gasteiger partial charge in [0.2, 0.25) is 0 Å². The fraction of sp³-hybridized carbons (Fsp3) is 0.333. The number of rotatable bonds is 7. The van der Waals surface area contributed by atoms with Crippen molar-refractivity contribution in [2.75, 3.05) is 29.9 Å². The van der Waals surface area contributed by atoms with Gasteiger partial charge in [-0.2, -0.15) is 0 Å². The van der Waals surface area contributed by atoms with Gasteiger partial charge in [0.05, 0.1) is 16.2 Å². The highest BCUT2D eigenvalue weighted by Crippen LogP contribution is 2.29. The number of nitrogens with zero attached hydrogens (tertiary/aromatic N) is 2. The molecule has 0 aliphatic carbocycles. The number of amides is 1. The number of nitro benzene ring substituents is 1.